The van der Waals surface area contributed by atoms with E-state index in [1.54, 1.807) is 7.11 Å². The van der Waals surface area contributed by atoms with Crippen molar-refractivity contribution < 1.29 is 9.53 Å². The fourth-order valence-corrected chi connectivity index (χ4v) is 3.62. The fourth-order valence-electron chi connectivity index (χ4n) is 3.62. The van der Waals surface area contributed by atoms with Gasteiger partial charge in [-0.05, 0) is 39.9 Å². The molecule has 3 N–H and O–H groups in total. The van der Waals surface area contributed by atoms with Gasteiger partial charge < -0.3 is 20.7 Å². The third-order valence-corrected chi connectivity index (χ3v) is 5.16. The lowest BCUT2D eigenvalue weighted by molar-refractivity contribution is -0.128. The van der Waals surface area contributed by atoms with Crippen LogP contribution in [0.4, 0.5) is 0 Å². The van der Waals surface area contributed by atoms with Crippen molar-refractivity contribution in [3.63, 3.8) is 0 Å². The van der Waals surface area contributed by atoms with Gasteiger partial charge in [0.15, 0.2) is 0 Å². The zero-order valence-corrected chi connectivity index (χ0v) is 15.3. The molecule has 134 valence electrons. The van der Waals surface area contributed by atoms with E-state index in [2.05, 4.69) is 10.2 Å². The van der Waals surface area contributed by atoms with Crippen molar-refractivity contribution in [2.75, 3.05) is 27.7 Å². The van der Waals surface area contributed by atoms with Gasteiger partial charge in [-0.15, -0.1) is 0 Å². The highest BCUT2D eigenvalue weighted by Crippen LogP contribution is 2.32. The summed E-state index contributed by atoms with van der Waals surface area (Å²) >= 11 is 0. The van der Waals surface area contributed by atoms with Gasteiger partial charge in [-0.25, -0.2) is 0 Å². The number of carbonyl (C=O) groups excluding carboxylic acids is 1. The summed E-state index contributed by atoms with van der Waals surface area (Å²) in [5.74, 6) is 0.806. The number of hydrogen-bond donors (Lipinski definition) is 2. The van der Waals surface area contributed by atoms with Crippen molar-refractivity contribution in [1.82, 2.24) is 10.2 Å². The minimum Gasteiger partial charge on any atom is -0.496 e. The van der Waals surface area contributed by atoms with E-state index in [1.165, 1.54) is 0 Å². The number of nitrogens with one attached hydrogen (secondary N) is 1. The first-order chi connectivity index (χ1) is 11.4. The molecule has 5 nitrogen and oxygen atoms in total. The molecule has 1 aliphatic carbocycles. The number of hydrogen-bond acceptors (Lipinski definition) is 4. The molecule has 1 aromatic carbocycles. The van der Waals surface area contributed by atoms with Gasteiger partial charge in [0.1, 0.15) is 5.75 Å². The van der Waals surface area contributed by atoms with Crippen LogP contribution in [-0.2, 0) is 4.79 Å². The first-order valence-corrected chi connectivity index (χ1v) is 8.72. The largest absolute Gasteiger partial charge is 0.496 e. The standard InChI is InChI=1S/C19H31N3O2/c1-19(20)12-8-7-10-15(19)18(23)21-13-16(22(2)3)14-9-5-6-11-17(14)24-4/h5-6,9,11,15-16H,7-8,10,12-13,20H2,1-4H3,(H,21,23). The Hall–Kier alpha value is -1.59. The Balaban J connectivity index is 2.08. The summed E-state index contributed by atoms with van der Waals surface area (Å²) in [6.07, 6.45) is 3.97. The Bertz CT molecular complexity index is 557. The van der Waals surface area contributed by atoms with E-state index in [-0.39, 0.29) is 17.9 Å². The number of ether oxygens (including phenoxy) is 1. The molecule has 1 amide bonds. The maximum Gasteiger partial charge on any atom is 0.225 e. The van der Waals surface area contributed by atoms with Crippen LogP contribution in [0.15, 0.2) is 24.3 Å². The van der Waals surface area contributed by atoms with Crippen molar-refractivity contribution in [2.24, 2.45) is 11.7 Å². The van der Waals surface area contributed by atoms with Gasteiger partial charge in [0.2, 0.25) is 5.91 Å². The average Bonchev–Trinajstić information content (AvgIpc) is 2.54. The van der Waals surface area contributed by atoms with Crippen molar-refractivity contribution in [3.05, 3.63) is 29.8 Å². The number of nitrogens with two attached hydrogens (primary N) is 1. The quantitative estimate of drug-likeness (QED) is 0.838. The molecular weight excluding hydrogens is 302 g/mol. The smallest absolute Gasteiger partial charge is 0.225 e. The van der Waals surface area contributed by atoms with Crippen molar-refractivity contribution in [3.8, 4) is 5.75 Å². The second kappa shape index (κ2) is 7.99. The van der Waals surface area contributed by atoms with E-state index >= 15 is 0 Å². The molecular formula is C19H31N3O2. The van der Waals surface area contributed by atoms with E-state index < -0.39 is 5.54 Å². The molecule has 2 rings (SSSR count). The molecule has 0 bridgehead atoms. The predicted octanol–water partition coefficient (Wildman–Crippen LogP) is 2.32. The number of methoxy groups -OCH3 is 1. The highest BCUT2D eigenvalue weighted by Gasteiger charge is 2.37. The van der Waals surface area contributed by atoms with Crippen LogP contribution >= 0.6 is 0 Å². The van der Waals surface area contributed by atoms with E-state index in [9.17, 15) is 4.79 Å². The summed E-state index contributed by atoms with van der Waals surface area (Å²) in [6.45, 7) is 2.54. The molecule has 1 aliphatic rings. The summed E-state index contributed by atoms with van der Waals surface area (Å²) < 4.78 is 5.47. The maximum absolute atomic E-state index is 12.7. The molecule has 0 radical (unpaired) electrons. The van der Waals surface area contributed by atoms with E-state index in [1.807, 2.05) is 45.3 Å². The van der Waals surface area contributed by atoms with Crippen LogP contribution in [0.2, 0.25) is 0 Å². The minimum atomic E-state index is -0.402. The second-order valence-corrected chi connectivity index (χ2v) is 7.27. The van der Waals surface area contributed by atoms with Crippen molar-refractivity contribution in [1.29, 1.82) is 0 Å². The molecule has 0 aromatic heterocycles. The summed E-state index contributed by atoms with van der Waals surface area (Å²) in [5.41, 5.74) is 7.03. The number of likely N-dealkylation sites (N-methyl/N-ethyl adjacent to an activating group) is 1. The fraction of sp³-hybridized carbons (Fsp3) is 0.632. The lowest BCUT2D eigenvalue weighted by Crippen LogP contribution is -2.53. The molecule has 3 atom stereocenters. The topological polar surface area (TPSA) is 67.6 Å². The number of rotatable bonds is 6. The van der Waals surface area contributed by atoms with Gasteiger partial charge >= 0.3 is 0 Å². The molecule has 1 saturated carbocycles. The van der Waals surface area contributed by atoms with Crippen molar-refractivity contribution >= 4 is 5.91 Å². The monoisotopic (exact) mass is 333 g/mol. The van der Waals surface area contributed by atoms with Crippen LogP contribution in [-0.4, -0.2) is 44.1 Å². The summed E-state index contributed by atoms with van der Waals surface area (Å²) in [4.78, 5) is 14.8. The van der Waals surface area contributed by atoms with Gasteiger partial charge in [-0.1, -0.05) is 31.0 Å². The Kier molecular flexibility index (Phi) is 6.24. The molecule has 1 aromatic rings. The van der Waals surface area contributed by atoms with Crippen molar-refractivity contribution in [2.45, 2.75) is 44.2 Å². The molecule has 1 fully saturated rings. The van der Waals surface area contributed by atoms with Crippen LogP contribution in [0.3, 0.4) is 0 Å². The van der Waals surface area contributed by atoms with Gasteiger partial charge in [-0.2, -0.15) is 0 Å². The third-order valence-electron chi connectivity index (χ3n) is 5.16. The van der Waals surface area contributed by atoms with Gasteiger partial charge in [0.05, 0.1) is 19.1 Å². The molecule has 5 heteroatoms. The minimum absolute atomic E-state index is 0.0534. The Labute approximate surface area is 145 Å². The second-order valence-electron chi connectivity index (χ2n) is 7.27. The predicted molar refractivity (Wildman–Crippen MR) is 97.0 cm³/mol. The highest BCUT2D eigenvalue weighted by molar-refractivity contribution is 5.80. The molecule has 3 unspecified atom stereocenters. The highest BCUT2D eigenvalue weighted by atomic mass is 16.5. The van der Waals surface area contributed by atoms with Gasteiger partial charge in [-0.3, -0.25) is 4.79 Å². The summed E-state index contributed by atoms with van der Waals surface area (Å²) in [7, 11) is 5.69. The first-order valence-electron chi connectivity index (χ1n) is 8.72. The van der Waals surface area contributed by atoms with Crippen LogP contribution < -0.4 is 15.8 Å². The zero-order valence-electron chi connectivity index (χ0n) is 15.3. The Morgan fingerprint density at radius 3 is 2.75 bits per heavy atom. The van der Waals surface area contributed by atoms with E-state index in [4.69, 9.17) is 10.5 Å². The van der Waals surface area contributed by atoms with E-state index in [0.29, 0.717) is 6.54 Å². The molecule has 0 saturated heterocycles. The van der Waals surface area contributed by atoms with Crippen LogP contribution in [0, 0.1) is 5.92 Å². The number of benzene rings is 1. The lowest BCUT2D eigenvalue weighted by Gasteiger charge is -2.37. The Morgan fingerprint density at radius 1 is 1.42 bits per heavy atom. The van der Waals surface area contributed by atoms with E-state index in [0.717, 1.165) is 37.0 Å². The normalized spacial score (nSPS) is 25.3. The molecule has 0 heterocycles. The SMILES string of the molecule is COc1ccccc1C(CNC(=O)C1CCCCC1(C)N)N(C)C. The molecule has 0 aliphatic heterocycles. The van der Waals surface area contributed by atoms with Crippen LogP contribution in [0.5, 0.6) is 5.75 Å². The van der Waals surface area contributed by atoms with Gasteiger partial charge in [0, 0.05) is 17.6 Å². The Morgan fingerprint density at radius 2 is 2.12 bits per heavy atom. The maximum atomic E-state index is 12.7. The number of nitrogens with zero attached hydrogens (tertiary/aromatic N) is 1. The summed E-state index contributed by atoms with van der Waals surface area (Å²) in [6, 6.07) is 8.00. The first kappa shape index (κ1) is 18.7. The van der Waals surface area contributed by atoms with Crippen LogP contribution in [0.25, 0.3) is 0 Å². The zero-order chi connectivity index (χ0) is 17.7. The number of amides is 1. The third kappa shape index (κ3) is 4.28. The molecule has 0 spiro atoms. The van der Waals surface area contributed by atoms with Crippen LogP contribution in [0.1, 0.15) is 44.2 Å². The average molecular weight is 333 g/mol. The molecule has 24 heavy (non-hydrogen) atoms. The lowest BCUT2D eigenvalue weighted by atomic mass is 9.74. The number of carbonyl (C=O) groups is 1. The van der Waals surface area contributed by atoms with Gasteiger partial charge in [0.25, 0.3) is 0 Å². The summed E-state index contributed by atoms with van der Waals surface area (Å²) in [5, 5.41) is 3.12. The number of para-hydroxylation sites is 1.